The lowest BCUT2D eigenvalue weighted by molar-refractivity contribution is -0.118. The van der Waals surface area contributed by atoms with Crippen LogP contribution in [0, 0.1) is 0 Å². The normalized spacial score (nSPS) is 17.2. The first-order valence-corrected chi connectivity index (χ1v) is 9.12. The number of anilines is 1. The Balaban J connectivity index is 1.90. The highest BCUT2D eigenvalue weighted by Gasteiger charge is 2.28. The molecule has 4 rings (SSSR count). The van der Waals surface area contributed by atoms with E-state index in [0.29, 0.717) is 22.0 Å². The number of aromatic nitrogens is 3. The van der Waals surface area contributed by atoms with E-state index in [1.54, 1.807) is 18.6 Å². The molecule has 6 nitrogen and oxygen atoms in total. The standard InChI is InChI=1S/C18H17Cl2N5O/c19-13-4-3-12-14(24-7-5-22-10-24)9-16(23-18(12)17(13)20)25-6-1-2-11(25)8-15(21)26/h3-5,7,9-11H,1-2,6,8H2,(H2,21,26)/t11-/m0/s1. The van der Waals surface area contributed by atoms with E-state index in [-0.39, 0.29) is 11.9 Å². The number of hydrogen-bond donors (Lipinski definition) is 1. The van der Waals surface area contributed by atoms with E-state index < -0.39 is 0 Å². The van der Waals surface area contributed by atoms with E-state index in [4.69, 9.17) is 33.9 Å². The van der Waals surface area contributed by atoms with Crippen molar-refractivity contribution in [3.8, 4) is 5.69 Å². The van der Waals surface area contributed by atoms with Crippen LogP contribution in [0.2, 0.25) is 10.0 Å². The van der Waals surface area contributed by atoms with Gasteiger partial charge in [0, 0.05) is 42.9 Å². The van der Waals surface area contributed by atoms with E-state index in [9.17, 15) is 4.79 Å². The number of fused-ring (bicyclic) bond motifs is 1. The van der Waals surface area contributed by atoms with Gasteiger partial charge in [0.15, 0.2) is 0 Å². The van der Waals surface area contributed by atoms with Crippen LogP contribution in [-0.2, 0) is 4.79 Å². The fraction of sp³-hybridized carbons (Fsp3) is 0.278. The Bertz CT molecular complexity index is 973. The molecule has 1 amide bonds. The summed E-state index contributed by atoms with van der Waals surface area (Å²) in [5, 5.41) is 1.75. The molecule has 0 saturated carbocycles. The quantitative estimate of drug-likeness (QED) is 0.739. The number of amides is 1. The molecular weight excluding hydrogens is 373 g/mol. The molecule has 3 heterocycles. The van der Waals surface area contributed by atoms with Crippen molar-refractivity contribution < 1.29 is 4.79 Å². The SMILES string of the molecule is NC(=O)C[C@@H]1CCCN1c1cc(-n2ccnc2)c2ccc(Cl)c(Cl)c2n1. The molecule has 1 saturated heterocycles. The molecule has 0 radical (unpaired) electrons. The number of hydrogen-bond acceptors (Lipinski definition) is 4. The highest BCUT2D eigenvalue weighted by atomic mass is 35.5. The van der Waals surface area contributed by atoms with Crippen LogP contribution in [-0.4, -0.2) is 33.0 Å². The zero-order chi connectivity index (χ0) is 18.3. The zero-order valence-electron chi connectivity index (χ0n) is 13.9. The summed E-state index contributed by atoms with van der Waals surface area (Å²) in [6, 6.07) is 5.71. The van der Waals surface area contributed by atoms with Gasteiger partial charge in [0.2, 0.25) is 5.91 Å². The minimum absolute atomic E-state index is 0.0473. The van der Waals surface area contributed by atoms with Crippen molar-refractivity contribution in [1.82, 2.24) is 14.5 Å². The summed E-state index contributed by atoms with van der Waals surface area (Å²) in [5.74, 6) is 0.452. The van der Waals surface area contributed by atoms with Crippen LogP contribution in [0.1, 0.15) is 19.3 Å². The summed E-state index contributed by atoms with van der Waals surface area (Å²) >= 11 is 12.7. The van der Waals surface area contributed by atoms with Crippen LogP contribution >= 0.6 is 23.2 Å². The van der Waals surface area contributed by atoms with Gasteiger partial charge in [-0.25, -0.2) is 9.97 Å². The van der Waals surface area contributed by atoms with Crippen LogP contribution in [0.3, 0.4) is 0 Å². The third-order valence-corrected chi connectivity index (χ3v) is 5.52. The van der Waals surface area contributed by atoms with Gasteiger partial charge in [-0.15, -0.1) is 0 Å². The Hall–Kier alpha value is -2.31. The number of rotatable bonds is 4. The molecule has 134 valence electrons. The Morgan fingerprint density at radius 2 is 2.19 bits per heavy atom. The minimum Gasteiger partial charge on any atom is -0.370 e. The lowest BCUT2D eigenvalue weighted by Crippen LogP contribution is -2.33. The highest BCUT2D eigenvalue weighted by Crippen LogP contribution is 2.36. The van der Waals surface area contributed by atoms with E-state index in [2.05, 4.69) is 9.88 Å². The first-order valence-electron chi connectivity index (χ1n) is 8.36. The summed E-state index contributed by atoms with van der Waals surface area (Å²) < 4.78 is 1.91. The fourth-order valence-corrected chi connectivity index (χ4v) is 3.91. The second-order valence-electron chi connectivity index (χ2n) is 6.39. The third-order valence-electron chi connectivity index (χ3n) is 4.73. The van der Waals surface area contributed by atoms with Gasteiger partial charge < -0.3 is 15.2 Å². The van der Waals surface area contributed by atoms with Gasteiger partial charge in [0.25, 0.3) is 0 Å². The summed E-state index contributed by atoms with van der Waals surface area (Å²) in [6.07, 6.45) is 7.52. The molecule has 0 unspecified atom stereocenters. The van der Waals surface area contributed by atoms with Gasteiger partial charge in [-0.2, -0.15) is 0 Å². The molecule has 1 fully saturated rings. The minimum atomic E-state index is -0.307. The van der Waals surface area contributed by atoms with Crippen molar-refractivity contribution in [2.45, 2.75) is 25.3 Å². The molecule has 2 aromatic heterocycles. The van der Waals surface area contributed by atoms with Crippen molar-refractivity contribution >= 4 is 45.8 Å². The van der Waals surface area contributed by atoms with Crippen molar-refractivity contribution in [2.75, 3.05) is 11.4 Å². The van der Waals surface area contributed by atoms with Crippen molar-refractivity contribution in [1.29, 1.82) is 0 Å². The van der Waals surface area contributed by atoms with Crippen molar-refractivity contribution in [3.63, 3.8) is 0 Å². The highest BCUT2D eigenvalue weighted by molar-refractivity contribution is 6.45. The number of pyridine rings is 1. The van der Waals surface area contributed by atoms with Crippen LogP contribution in [0.5, 0.6) is 0 Å². The second-order valence-corrected chi connectivity index (χ2v) is 7.17. The average molecular weight is 390 g/mol. The van der Waals surface area contributed by atoms with Gasteiger partial charge in [0.05, 0.1) is 27.6 Å². The molecule has 8 heteroatoms. The summed E-state index contributed by atoms with van der Waals surface area (Å²) in [6.45, 7) is 0.817. The maximum atomic E-state index is 11.4. The molecule has 1 aromatic carbocycles. The van der Waals surface area contributed by atoms with Gasteiger partial charge in [-0.05, 0) is 25.0 Å². The fourth-order valence-electron chi connectivity index (χ4n) is 3.55. The summed E-state index contributed by atoms with van der Waals surface area (Å²) in [7, 11) is 0. The molecule has 0 aliphatic carbocycles. The van der Waals surface area contributed by atoms with E-state index in [1.807, 2.05) is 22.9 Å². The predicted molar refractivity (Wildman–Crippen MR) is 103 cm³/mol. The number of nitrogens with two attached hydrogens (primary N) is 1. The van der Waals surface area contributed by atoms with Crippen LogP contribution in [0.25, 0.3) is 16.6 Å². The molecule has 0 spiro atoms. The van der Waals surface area contributed by atoms with Gasteiger partial charge in [-0.1, -0.05) is 23.2 Å². The Kier molecular flexibility index (Phi) is 4.46. The molecule has 1 aliphatic heterocycles. The van der Waals surface area contributed by atoms with Crippen molar-refractivity contribution in [2.24, 2.45) is 5.73 Å². The Labute approximate surface area is 160 Å². The molecular formula is C18H17Cl2N5O. The maximum absolute atomic E-state index is 11.4. The van der Waals surface area contributed by atoms with Gasteiger partial charge >= 0.3 is 0 Å². The van der Waals surface area contributed by atoms with Crippen LogP contribution in [0.4, 0.5) is 5.82 Å². The second kappa shape index (κ2) is 6.78. The predicted octanol–water partition coefficient (Wildman–Crippen LogP) is 3.57. The topological polar surface area (TPSA) is 77.0 Å². The van der Waals surface area contributed by atoms with Crippen molar-refractivity contribution in [3.05, 3.63) is 47.0 Å². The first-order chi connectivity index (χ1) is 12.5. The zero-order valence-corrected chi connectivity index (χ0v) is 15.4. The smallest absolute Gasteiger partial charge is 0.219 e. The summed E-state index contributed by atoms with van der Waals surface area (Å²) in [5.41, 5.74) is 6.96. The van der Waals surface area contributed by atoms with Crippen LogP contribution < -0.4 is 10.6 Å². The number of benzene rings is 1. The Morgan fingerprint density at radius 1 is 1.35 bits per heavy atom. The van der Waals surface area contributed by atoms with Gasteiger partial charge in [-0.3, -0.25) is 4.79 Å². The van der Waals surface area contributed by atoms with E-state index in [0.717, 1.165) is 36.3 Å². The number of carbonyl (C=O) groups is 1. The molecule has 1 atom stereocenters. The van der Waals surface area contributed by atoms with E-state index in [1.165, 1.54) is 0 Å². The largest absolute Gasteiger partial charge is 0.370 e. The average Bonchev–Trinajstić information content (AvgIpc) is 3.29. The summed E-state index contributed by atoms with van der Waals surface area (Å²) in [4.78, 5) is 22.5. The van der Waals surface area contributed by atoms with Gasteiger partial charge in [0.1, 0.15) is 5.82 Å². The van der Waals surface area contributed by atoms with E-state index >= 15 is 0 Å². The lowest BCUT2D eigenvalue weighted by Gasteiger charge is -2.26. The lowest BCUT2D eigenvalue weighted by atomic mass is 10.1. The number of primary amides is 1. The molecule has 26 heavy (non-hydrogen) atoms. The molecule has 2 N–H and O–H groups in total. The Morgan fingerprint density at radius 3 is 2.92 bits per heavy atom. The first kappa shape index (κ1) is 17.1. The maximum Gasteiger partial charge on any atom is 0.219 e. The molecule has 0 bridgehead atoms. The number of carbonyl (C=O) groups excluding carboxylic acids is 1. The molecule has 3 aromatic rings. The number of halogens is 2. The number of imidazole rings is 1. The molecule has 1 aliphatic rings. The third kappa shape index (κ3) is 2.99. The van der Waals surface area contributed by atoms with Crippen LogP contribution in [0.15, 0.2) is 36.9 Å². The number of nitrogens with zero attached hydrogens (tertiary/aromatic N) is 4. The monoisotopic (exact) mass is 389 g/mol.